The van der Waals surface area contributed by atoms with Gasteiger partial charge in [0.2, 0.25) is 0 Å². The molecule has 4 aromatic heterocycles. The van der Waals surface area contributed by atoms with Gasteiger partial charge < -0.3 is 8.80 Å². The molecule has 6 heteroatoms. The van der Waals surface area contributed by atoms with Crippen molar-refractivity contribution in [2.45, 2.75) is 0 Å². The molecule has 0 saturated carbocycles. The van der Waals surface area contributed by atoms with Gasteiger partial charge in [0.25, 0.3) is 0 Å². The molecule has 0 atom stereocenters. The fraction of sp³-hybridized carbons (Fsp3) is 0. The van der Waals surface area contributed by atoms with Crippen LogP contribution in [0, 0.1) is 0 Å². The van der Waals surface area contributed by atoms with E-state index in [0.717, 1.165) is 0 Å². The molecular weight excluding hydrogens is 1380 g/mol. The summed E-state index contributed by atoms with van der Waals surface area (Å²) < 4.78 is 15.2. The van der Waals surface area contributed by atoms with Crippen LogP contribution in [0.4, 0.5) is 0 Å². The molecule has 0 spiro atoms. The molecule has 0 radical (unpaired) electrons. The van der Waals surface area contributed by atoms with Crippen molar-refractivity contribution in [3.8, 4) is 134 Å². The Labute approximate surface area is 641 Å². The molecule has 108 heavy (non-hydrogen) atoms. The summed E-state index contributed by atoms with van der Waals surface area (Å²) in [6, 6.07) is 144. The predicted octanol–water partition coefficient (Wildman–Crippen LogP) is 30.5. The molecule has 0 aliphatic carbocycles. The topological polar surface area (TPSA) is 8.82 Å². The lowest BCUT2D eigenvalue weighted by atomic mass is 9.93. The van der Waals surface area contributed by atoms with Crippen molar-refractivity contribution in [2.24, 2.45) is 0 Å². The first kappa shape index (κ1) is 63.7. The lowest BCUT2D eigenvalue weighted by Crippen LogP contribution is -2.00. The van der Waals surface area contributed by atoms with E-state index < -0.39 is 0 Å². The van der Waals surface area contributed by atoms with Gasteiger partial charge in [-0.2, -0.15) is 0 Å². The maximum atomic E-state index is 2.64. The quantitative estimate of drug-likeness (QED) is 0.0852. The monoisotopic (exact) mass is 1440 g/mol. The van der Waals surface area contributed by atoms with Crippen LogP contribution in [0.5, 0.6) is 0 Å². The van der Waals surface area contributed by atoms with E-state index in [4.69, 9.17) is 0 Å². The molecule has 0 fully saturated rings. The molecule has 17 aromatic carbocycles. The highest BCUT2D eigenvalue weighted by Crippen LogP contribution is 2.52. The Bertz CT molecular complexity index is 6030. The number of rotatable bonds is 12. The highest BCUT2D eigenvalue weighted by Gasteiger charge is 2.25. The summed E-state index contributed by atoms with van der Waals surface area (Å²) in [4.78, 5) is 0. The van der Waals surface area contributed by atoms with Crippen molar-refractivity contribution < 1.29 is 0 Å². The Balaban J connectivity index is 0.870. The molecule has 2 nitrogen and oxygen atoms in total. The molecule has 0 aliphatic heterocycles. The highest BCUT2D eigenvalue weighted by atomic mass is 32.1. The molecule has 0 bridgehead atoms. The van der Waals surface area contributed by atoms with Crippen molar-refractivity contribution in [3.05, 3.63) is 388 Å². The van der Waals surface area contributed by atoms with Crippen LogP contribution in [0.1, 0.15) is 0 Å². The third-order valence-corrected chi connectivity index (χ3v) is 26.1. The van der Waals surface area contributed by atoms with E-state index in [1.807, 2.05) is 45.3 Å². The average Bonchev–Trinajstić information content (AvgIpc) is 0.684. The van der Waals surface area contributed by atoms with Crippen LogP contribution >= 0.6 is 45.3 Å². The van der Waals surface area contributed by atoms with E-state index >= 15 is 0 Å². The first-order valence-corrected chi connectivity index (χ1v) is 39.9. The van der Waals surface area contributed by atoms with Gasteiger partial charge in [0, 0.05) is 0 Å². The van der Waals surface area contributed by atoms with Gasteiger partial charge in [-0.15, -0.1) is 45.3 Å². The number of aromatic nitrogens is 2. The molecule has 0 N–H and O–H groups in total. The summed E-state index contributed by atoms with van der Waals surface area (Å²) >= 11 is 7.74. The fourth-order valence-corrected chi connectivity index (χ4v) is 21.2. The van der Waals surface area contributed by atoms with Gasteiger partial charge in [0.15, 0.2) is 0 Å². The zero-order valence-corrected chi connectivity index (χ0v) is 61.7. The standard InChI is InChI=1S/C102H64N2S4/c1-9-25-65(26-10-1)77-49-78(66-27-11-2-12-28-66)54-85(53-77)73-41-45-89-93(61-73)105-99-97-101(107-94-62-74(42-46-90(94)103(89)97)86-55-79(67-29-13-3-14-30-67)50-80(56-86)68-31-15-4-16-32-68)102-98-100(99)106-95-63-75(87-57-81(69-33-17-5-18-34-69)51-82(58-87)70-35-19-6-20-36-70)43-47-91(95)104(98)92-48-44-76(64-96(92)108-102)88-59-83(71-37-21-7-22-38-71)52-84(60-88)72-39-23-8-24-40-72/h1-64H. The molecule has 21 aromatic rings. The summed E-state index contributed by atoms with van der Waals surface area (Å²) in [6.45, 7) is 0. The number of fused-ring (bicyclic) bond motifs is 10. The van der Waals surface area contributed by atoms with Crippen molar-refractivity contribution in [3.63, 3.8) is 0 Å². The molecule has 0 saturated heterocycles. The number of nitrogens with zero attached hydrogens (tertiary/aromatic N) is 2. The maximum Gasteiger partial charge on any atom is 0.0838 e. The normalized spacial score (nSPS) is 11.7. The van der Waals surface area contributed by atoms with Crippen LogP contribution in [-0.4, -0.2) is 8.80 Å². The van der Waals surface area contributed by atoms with E-state index in [0.29, 0.717) is 0 Å². The first-order valence-electron chi connectivity index (χ1n) is 36.6. The zero-order valence-electron chi connectivity index (χ0n) is 58.5. The molecule has 506 valence electrons. The number of hydrogen-bond donors (Lipinski definition) is 0. The Hall–Kier alpha value is -12.8. The Morgan fingerprint density at radius 3 is 0.435 bits per heavy atom. The van der Waals surface area contributed by atoms with Gasteiger partial charge >= 0.3 is 0 Å². The number of benzene rings is 17. The fourth-order valence-electron chi connectivity index (χ4n) is 16.0. The van der Waals surface area contributed by atoms with Crippen LogP contribution in [0.25, 0.3) is 204 Å². The van der Waals surface area contributed by atoms with Crippen LogP contribution in [0.15, 0.2) is 388 Å². The summed E-state index contributed by atoms with van der Waals surface area (Å²) in [5.74, 6) is 0. The van der Waals surface area contributed by atoms with E-state index in [-0.39, 0.29) is 0 Å². The van der Waals surface area contributed by atoms with E-state index in [1.165, 1.54) is 204 Å². The van der Waals surface area contributed by atoms with Gasteiger partial charge in [0.1, 0.15) is 0 Å². The SMILES string of the molecule is c1ccc(-c2cc(-c3ccccc3)cc(-c3ccc4c(c3)sc3c5sc6cc(-c7cc(-c8ccccc8)cc(-c8ccccc8)c7)ccc6n6c7ccc(-c8cc(-c9ccccc9)cc(-c9ccccc9)c8)cc7sc(c7sc8cc(-c9cc(-c%10ccccc%10)cc(-c%10ccccc%10)c9)ccc8n4c37)c56)c2)cc1. The molecule has 0 aliphatic rings. The van der Waals surface area contributed by atoms with Gasteiger partial charge in [-0.25, -0.2) is 0 Å². The molecule has 21 rings (SSSR count). The maximum absolute atomic E-state index is 2.64. The van der Waals surface area contributed by atoms with Gasteiger partial charge in [-0.05, 0) is 255 Å². The van der Waals surface area contributed by atoms with Crippen LogP contribution in [-0.2, 0) is 0 Å². The van der Waals surface area contributed by atoms with Crippen molar-refractivity contribution in [2.75, 3.05) is 0 Å². The minimum Gasteiger partial charge on any atom is -0.305 e. The summed E-state index contributed by atoms with van der Waals surface area (Å²) in [6.07, 6.45) is 0. The minimum atomic E-state index is 1.17. The smallest absolute Gasteiger partial charge is 0.0838 e. The van der Waals surface area contributed by atoms with Crippen LogP contribution in [0.2, 0.25) is 0 Å². The second kappa shape index (κ2) is 26.7. The Morgan fingerprint density at radius 1 is 0.130 bits per heavy atom. The van der Waals surface area contributed by atoms with Crippen molar-refractivity contribution in [1.29, 1.82) is 0 Å². The molecular formula is C102H64N2S4. The van der Waals surface area contributed by atoms with E-state index in [2.05, 4.69) is 397 Å². The van der Waals surface area contributed by atoms with Crippen molar-refractivity contribution in [1.82, 2.24) is 8.80 Å². The van der Waals surface area contributed by atoms with Gasteiger partial charge in [0.05, 0.1) is 70.7 Å². The Kier molecular flexibility index (Phi) is 15.7. The van der Waals surface area contributed by atoms with Gasteiger partial charge in [-0.1, -0.05) is 267 Å². The zero-order chi connectivity index (χ0) is 71.2. The van der Waals surface area contributed by atoms with Crippen LogP contribution < -0.4 is 0 Å². The third kappa shape index (κ3) is 11.4. The Morgan fingerprint density at radius 2 is 0.278 bits per heavy atom. The minimum absolute atomic E-state index is 1.17. The molecule has 0 amide bonds. The first-order chi connectivity index (χ1) is 53.5. The molecule has 0 unspecified atom stereocenters. The number of hydrogen-bond acceptors (Lipinski definition) is 4. The lowest BCUT2D eigenvalue weighted by Gasteiger charge is -2.21. The second-order valence-electron chi connectivity index (χ2n) is 27.9. The van der Waals surface area contributed by atoms with Crippen LogP contribution in [0.3, 0.4) is 0 Å². The lowest BCUT2D eigenvalue weighted by molar-refractivity contribution is 1.33. The largest absolute Gasteiger partial charge is 0.305 e. The third-order valence-electron chi connectivity index (χ3n) is 21.3. The predicted molar refractivity (Wildman–Crippen MR) is 468 cm³/mol. The summed E-state index contributed by atoms with van der Waals surface area (Å²) in [7, 11) is 0. The average molecular weight is 1450 g/mol. The molecule has 4 heterocycles. The second-order valence-corrected chi connectivity index (χ2v) is 32.2. The van der Waals surface area contributed by atoms with E-state index in [1.54, 1.807) is 0 Å². The summed E-state index contributed by atoms with van der Waals surface area (Å²) in [5, 5.41) is 0. The van der Waals surface area contributed by atoms with Gasteiger partial charge in [-0.3, -0.25) is 0 Å². The highest BCUT2D eigenvalue weighted by molar-refractivity contribution is 7.36. The van der Waals surface area contributed by atoms with Crippen molar-refractivity contribution >= 4 is 116 Å². The van der Waals surface area contributed by atoms with E-state index in [9.17, 15) is 0 Å². The summed E-state index contributed by atoms with van der Waals surface area (Å²) in [5.41, 5.74) is 35.5.